The number of nitrogens with zero attached hydrogens (tertiary/aromatic N) is 1. The Morgan fingerprint density at radius 1 is 1.17 bits per heavy atom. The highest BCUT2D eigenvalue weighted by Crippen LogP contribution is 2.24. The Hall–Kier alpha value is -2.04. The van der Waals surface area contributed by atoms with Gasteiger partial charge in [0.2, 0.25) is 0 Å². The van der Waals surface area contributed by atoms with Crippen LogP contribution in [0.4, 0.5) is 0 Å². The van der Waals surface area contributed by atoms with Crippen LogP contribution in [0.5, 0.6) is 0 Å². The zero-order valence-electron chi connectivity index (χ0n) is 12.1. The Bertz CT molecular complexity index is 832. The summed E-state index contributed by atoms with van der Waals surface area (Å²) in [6, 6.07) is 13.1. The molecule has 3 aromatic rings. The predicted molar refractivity (Wildman–Crippen MR) is 90.9 cm³/mol. The van der Waals surface area contributed by atoms with Crippen LogP contribution in [0.1, 0.15) is 11.3 Å². The molecule has 118 valence electrons. The second-order valence-electron chi connectivity index (χ2n) is 5.21. The van der Waals surface area contributed by atoms with Gasteiger partial charge in [0.15, 0.2) is 0 Å². The van der Waals surface area contributed by atoms with Gasteiger partial charge in [0.05, 0.1) is 11.2 Å². The van der Waals surface area contributed by atoms with E-state index in [4.69, 9.17) is 27.9 Å². The van der Waals surface area contributed by atoms with Crippen molar-refractivity contribution >= 4 is 40.6 Å². The fraction of sp³-hybridized carbons (Fsp3) is 0.176. The highest BCUT2D eigenvalue weighted by molar-refractivity contribution is 6.35. The molecule has 0 aliphatic heterocycles. The second kappa shape index (κ2) is 7.02. The molecule has 23 heavy (non-hydrogen) atoms. The molecule has 0 saturated carbocycles. The fourth-order valence-electron chi connectivity index (χ4n) is 2.57. The predicted octanol–water partition coefficient (Wildman–Crippen LogP) is 4.20. The lowest BCUT2D eigenvalue weighted by atomic mass is 10.0. The Morgan fingerprint density at radius 3 is 2.78 bits per heavy atom. The molecule has 0 radical (unpaired) electrons. The fourth-order valence-corrected chi connectivity index (χ4v) is 3.06. The van der Waals surface area contributed by atoms with Gasteiger partial charge in [-0.2, -0.15) is 5.10 Å². The molecule has 3 rings (SSSR count). The van der Waals surface area contributed by atoms with Gasteiger partial charge in [-0.25, -0.2) is 0 Å². The number of carbonyl (C=O) groups is 1. The third kappa shape index (κ3) is 3.66. The molecule has 1 unspecified atom stereocenters. The average Bonchev–Trinajstić information content (AvgIpc) is 2.94. The van der Waals surface area contributed by atoms with Crippen LogP contribution in [0, 0.1) is 0 Å². The highest BCUT2D eigenvalue weighted by atomic mass is 35.5. The van der Waals surface area contributed by atoms with Crippen molar-refractivity contribution in [3.8, 4) is 0 Å². The number of aromatic amines is 1. The first-order valence-electron chi connectivity index (χ1n) is 7.12. The van der Waals surface area contributed by atoms with E-state index in [1.165, 1.54) is 0 Å². The zero-order valence-corrected chi connectivity index (χ0v) is 13.6. The summed E-state index contributed by atoms with van der Waals surface area (Å²) in [6.45, 7) is 0.462. The monoisotopic (exact) mass is 348 g/mol. The molecule has 1 heterocycles. The minimum Gasteiger partial charge on any atom is -0.464 e. The van der Waals surface area contributed by atoms with Crippen molar-refractivity contribution in [3.63, 3.8) is 0 Å². The number of nitrogens with one attached hydrogen (secondary N) is 1. The summed E-state index contributed by atoms with van der Waals surface area (Å²) in [5, 5.41) is 9.46. The van der Waals surface area contributed by atoms with Gasteiger partial charge in [0.1, 0.15) is 6.10 Å². The number of ether oxygens (including phenoxy) is 1. The van der Waals surface area contributed by atoms with Crippen LogP contribution in [0.25, 0.3) is 10.9 Å². The number of hydrogen-bond acceptors (Lipinski definition) is 3. The average molecular weight is 349 g/mol. The first kappa shape index (κ1) is 15.8. The van der Waals surface area contributed by atoms with E-state index in [9.17, 15) is 4.79 Å². The van der Waals surface area contributed by atoms with E-state index in [1.807, 2.05) is 30.3 Å². The third-order valence-electron chi connectivity index (χ3n) is 3.68. The van der Waals surface area contributed by atoms with Gasteiger partial charge >= 0.3 is 0 Å². The molecule has 1 aromatic heterocycles. The standard InChI is InChI=1S/C17H14Cl2N2O2/c18-12-6-5-11(15(19)8-12)7-13(23-10-22)9-17-14-3-1-2-4-16(14)20-21-17/h1-6,8,10,13H,7,9H2,(H,20,21). The zero-order chi connectivity index (χ0) is 16.2. The van der Waals surface area contributed by atoms with E-state index in [-0.39, 0.29) is 6.10 Å². The molecule has 0 bridgehead atoms. The molecular formula is C17H14Cl2N2O2. The van der Waals surface area contributed by atoms with Gasteiger partial charge in [-0.05, 0) is 23.8 Å². The van der Waals surface area contributed by atoms with E-state index >= 15 is 0 Å². The van der Waals surface area contributed by atoms with Crippen molar-refractivity contribution in [3.05, 3.63) is 63.8 Å². The van der Waals surface area contributed by atoms with Crippen molar-refractivity contribution in [2.24, 2.45) is 0 Å². The molecule has 4 nitrogen and oxygen atoms in total. The van der Waals surface area contributed by atoms with E-state index in [0.717, 1.165) is 22.2 Å². The molecule has 0 spiro atoms. The van der Waals surface area contributed by atoms with Crippen LogP contribution in [-0.2, 0) is 22.4 Å². The second-order valence-corrected chi connectivity index (χ2v) is 6.06. The van der Waals surface area contributed by atoms with E-state index < -0.39 is 0 Å². The van der Waals surface area contributed by atoms with Crippen LogP contribution >= 0.6 is 23.2 Å². The van der Waals surface area contributed by atoms with Crippen molar-refractivity contribution in [1.82, 2.24) is 10.2 Å². The molecule has 0 fully saturated rings. The van der Waals surface area contributed by atoms with Gasteiger partial charge < -0.3 is 4.74 Å². The summed E-state index contributed by atoms with van der Waals surface area (Å²) in [7, 11) is 0. The van der Waals surface area contributed by atoms with Gasteiger partial charge in [-0.15, -0.1) is 0 Å². The van der Waals surface area contributed by atoms with Gasteiger partial charge in [0, 0.05) is 28.3 Å². The maximum atomic E-state index is 10.8. The van der Waals surface area contributed by atoms with E-state index in [2.05, 4.69) is 10.2 Å². The molecule has 0 saturated heterocycles. The number of fused-ring (bicyclic) bond motifs is 1. The summed E-state index contributed by atoms with van der Waals surface area (Å²) >= 11 is 12.1. The van der Waals surface area contributed by atoms with Crippen molar-refractivity contribution in [1.29, 1.82) is 0 Å². The molecule has 0 aliphatic carbocycles. The molecule has 1 N–H and O–H groups in total. The number of benzene rings is 2. The summed E-state index contributed by atoms with van der Waals surface area (Å²) in [5.41, 5.74) is 2.69. The smallest absolute Gasteiger partial charge is 0.293 e. The van der Waals surface area contributed by atoms with Crippen LogP contribution in [0.15, 0.2) is 42.5 Å². The Morgan fingerprint density at radius 2 is 2.00 bits per heavy atom. The molecule has 2 aromatic carbocycles. The quantitative estimate of drug-likeness (QED) is 0.679. The largest absolute Gasteiger partial charge is 0.464 e. The third-order valence-corrected chi connectivity index (χ3v) is 4.27. The van der Waals surface area contributed by atoms with Crippen molar-refractivity contribution < 1.29 is 9.53 Å². The number of hydrogen-bond donors (Lipinski definition) is 1. The topological polar surface area (TPSA) is 55.0 Å². The number of carbonyl (C=O) groups excluding carboxylic acids is 1. The molecular weight excluding hydrogens is 335 g/mol. The first-order chi connectivity index (χ1) is 11.2. The SMILES string of the molecule is O=COC(Cc1ccc(Cl)cc1Cl)Cc1n[nH]c2ccccc12. The number of rotatable bonds is 6. The molecule has 1 atom stereocenters. The number of para-hydroxylation sites is 1. The Kier molecular flexibility index (Phi) is 4.84. The molecule has 0 aliphatic rings. The van der Waals surface area contributed by atoms with Crippen molar-refractivity contribution in [2.45, 2.75) is 18.9 Å². The van der Waals surface area contributed by atoms with Gasteiger partial charge in [0.25, 0.3) is 6.47 Å². The lowest BCUT2D eigenvalue weighted by molar-refractivity contribution is -0.133. The Balaban J connectivity index is 1.82. The van der Waals surface area contributed by atoms with Crippen LogP contribution in [0.3, 0.4) is 0 Å². The number of aromatic nitrogens is 2. The number of H-pyrrole nitrogens is 1. The summed E-state index contributed by atoms with van der Waals surface area (Å²) in [4.78, 5) is 10.8. The van der Waals surface area contributed by atoms with Crippen molar-refractivity contribution in [2.75, 3.05) is 0 Å². The molecule has 6 heteroatoms. The first-order valence-corrected chi connectivity index (χ1v) is 7.88. The summed E-state index contributed by atoms with van der Waals surface area (Å²) in [6.07, 6.45) is 0.648. The highest BCUT2D eigenvalue weighted by Gasteiger charge is 2.17. The van der Waals surface area contributed by atoms with E-state index in [0.29, 0.717) is 29.4 Å². The van der Waals surface area contributed by atoms with Crippen LogP contribution in [0.2, 0.25) is 10.0 Å². The minimum atomic E-state index is -0.349. The maximum absolute atomic E-state index is 10.8. The molecule has 0 amide bonds. The summed E-state index contributed by atoms with van der Waals surface area (Å²) in [5.74, 6) is 0. The van der Waals surface area contributed by atoms with Crippen LogP contribution < -0.4 is 0 Å². The summed E-state index contributed by atoms with van der Waals surface area (Å²) < 4.78 is 5.23. The van der Waals surface area contributed by atoms with E-state index in [1.54, 1.807) is 12.1 Å². The minimum absolute atomic E-state index is 0.349. The Labute approximate surface area is 143 Å². The lowest BCUT2D eigenvalue weighted by Gasteiger charge is -2.15. The van der Waals surface area contributed by atoms with Gasteiger partial charge in [-0.1, -0.05) is 47.5 Å². The van der Waals surface area contributed by atoms with Gasteiger partial charge in [-0.3, -0.25) is 9.89 Å². The van der Waals surface area contributed by atoms with Crippen LogP contribution in [-0.4, -0.2) is 22.8 Å². The normalized spacial score (nSPS) is 12.3. The lowest BCUT2D eigenvalue weighted by Crippen LogP contribution is -2.19. The number of halogens is 2. The maximum Gasteiger partial charge on any atom is 0.293 e.